The molecular weight excluding hydrogens is 316 g/mol. The molecule has 4 heteroatoms. The summed E-state index contributed by atoms with van der Waals surface area (Å²) in [6, 6.07) is 1.96. The van der Waals surface area contributed by atoms with Gasteiger partial charge in [-0.05, 0) is 37.1 Å². The van der Waals surface area contributed by atoms with Gasteiger partial charge in [-0.1, -0.05) is 48.3 Å². The number of hydrogen-bond donors (Lipinski definition) is 0. The van der Waals surface area contributed by atoms with Crippen LogP contribution in [0.4, 0.5) is 0 Å². The van der Waals surface area contributed by atoms with Gasteiger partial charge in [0.25, 0.3) is 9.04 Å². The standard InChI is InChI=1S/C13H19BrClOSi/c1-8-7-9(15)12(16-17(5)6)10(11(8)14)13(2,3)4/h7H,1-6H3. The van der Waals surface area contributed by atoms with Crippen molar-refractivity contribution in [2.24, 2.45) is 0 Å². The van der Waals surface area contributed by atoms with E-state index in [1.165, 1.54) is 0 Å². The Bertz CT molecular complexity index is 424. The minimum absolute atomic E-state index is 0.00113. The first-order chi connectivity index (χ1) is 7.64. The summed E-state index contributed by atoms with van der Waals surface area (Å²) in [6.07, 6.45) is 0. The van der Waals surface area contributed by atoms with Crippen LogP contribution in [0.5, 0.6) is 5.75 Å². The van der Waals surface area contributed by atoms with E-state index in [1.807, 2.05) is 6.07 Å². The van der Waals surface area contributed by atoms with E-state index < -0.39 is 9.04 Å². The average Bonchev–Trinajstić information content (AvgIpc) is 2.11. The molecule has 0 bridgehead atoms. The average molecular weight is 335 g/mol. The maximum atomic E-state index is 6.33. The zero-order chi connectivity index (χ0) is 13.4. The number of benzene rings is 1. The minimum Gasteiger partial charge on any atom is -0.541 e. The highest BCUT2D eigenvalue weighted by Gasteiger charge is 2.26. The maximum Gasteiger partial charge on any atom is 0.274 e. The first-order valence-electron chi connectivity index (χ1n) is 5.61. The second-order valence-corrected chi connectivity index (χ2v) is 8.67. The van der Waals surface area contributed by atoms with Crippen molar-refractivity contribution in [2.75, 3.05) is 0 Å². The van der Waals surface area contributed by atoms with Crippen LogP contribution < -0.4 is 4.43 Å². The molecule has 0 spiro atoms. The van der Waals surface area contributed by atoms with Crippen molar-refractivity contribution < 1.29 is 4.43 Å². The lowest BCUT2D eigenvalue weighted by Crippen LogP contribution is -2.19. The number of rotatable bonds is 2. The smallest absolute Gasteiger partial charge is 0.274 e. The third kappa shape index (κ3) is 3.49. The van der Waals surface area contributed by atoms with E-state index in [4.69, 9.17) is 16.0 Å². The lowest BCUT2D eigenvalue weighted by atomic mass is 9.85. The lowest BCUT2D eigenvalue weighted by Gasteiger charge is -2.27. The van der Waals surface area contributed by atoms with E-state index in [-0.39, 0.29) is 5.41 Å². The van der Waals surface area contributed by atoms with Crippen molar-refractivity contribution in [1.29, 1.82) is 0 Å². The number of hydrogen-bond acceptors (Lipinski definition) is 1. The van der Waals surface area contributed by atoms with Crippen molar-refractivity contribution in [3.05, 3.63) is 26.7 Å². The van der Waals surface area contributed by atoms with Crippen LogP contribution in [0.3, 0.4) is 0 Å². The Kier molecular flexibility index (Phi) is 4.72. The third-order valence-electron chi connectivity index (χ3n) is 2.41. The molecule has 0 heterocycles. The predicted octanol–water partition coefficient (Wildman–Crippen LogP) is 5.34. The summed E-state index contributed by atoms with van der Waals surface area (Å²) in [5.74, 6) is 0.843. The molecule has 0 amide bonds. The molecule has 1 radical (unpaired) electrons. The topological polar surface area (TPSA) is 9.23 Å². The number of aryl methyl sites for hydroxylation is 1. The third-order valence-corrected chi connectivity index (χ3v) is 4.32. The minimum atomic E-state index is -0.825. The van der Waals surface area contributed by atoms with Crippen LogP contribution in [-0.4, -0.2) is 9.04 Å². The van der Waals surface area contributed by atoms with Crippen LogP contribution in [0.1, 0.15) is 31.9 Å². The Balaban J connectivity index is 3.50. The summed E-state index contributed by atoms with van der Waals surface area (Å²) < 4.78 is 7.08. The van der Waals surface area contributed by atoms with E-state index in [1.54, 1.807) is 0 Å². The Morgan fingerprint density at radius 2 is 1.82 bits per heavy atom. The molecule has 0 unspecified atom stereocenters. The molecule has 0 N–H and O–H groups in total. The Morgan fingerprint density at radius 3 is 2.24 bits per heavy atom. The van der Waals surface area contributed by atoms with E-state index in [0.717, 1.165) is 21.3 Å². The fraction of sp³-hybridized carbons (Fsp3) is 0.538. The van der Waals surface area contributed by atoms with E-state index in [0.29, 0.717) is 5.02 Å². The van der Waals surface area contributed by atoms with Gasteiger partial charge >= 0.3 is 0 Å². The largest absolute Gasteiger partial charge is 0.541 e. The van der Waals surface area contributed by atoms with Gasteiger partial charge in [0.2, 0.25) is 0 Å². The van der Waals surface area contributed by atoms with E-state index in [2.05, 4.69) is 56.7 Å². The van der Waals surface area contributed by atoms with Gasteiger partial charge in [0.15, 0.2) is 0 Å². The molecule has 0 aliphatic heterocycles. The summed E-state index contributed by atoms with van der Waals surface area (Å²) >= 11 is 9.99. The van der Waals surface area contributed by atoms with Crippen molar-refractivity contribution in [3.63, 3.8) is 0 Å². The fourth-order valence-electron chi connectivity index (χ4n) is 1.71. The van der Waals surface area contributed by atoms with Gasteiger partial charge in [0, 0.05) is 10.0 Å². The zero-order valence-corrected chi connectivity index (χ0v) is 14.6. The molecule has 0 aliphatic carbocycles. The first-order valence-corrected chi connectivity index (χ1v) is 9.19. The lowest BCUT2D eigenvalue weighted by molar-refractivity contribution is 0.518. The molecule has 0 saturated carbocycles. The van der Waals surface area contributed by atoms with Gasteiger partial charge in [-0.25, -0.2) is 0 Å². The second-order valence-electron chi connectivity index (χ2n) is 5.45. The Morgan fingerprint density at radius 1 is 1.29 bits per heavy atom. The fourth-order valence-corrected chi connectivity index (χ4v) is 3.58. The van der Waals surface area contributed by atoms with Crippen molar-refractivity contribution in [2.45, 2.75) is 46.2 Å². The molecule has 0 aromatic heterocycles. The molecule has 0 aliphatic rings. The molecule has 0 saturated heterocycles. The molecule has 1 aromatic rings. The molecular formula is C13H19BrClOSi. The van der Waals surface area contributed by atoms with Crippen LogP contribution in [0.25, 0.3) is 0 Å². The van der Waals surface area contributed by atoms with Gasteiger partial charge < -0.3 is 4.43 Å². The molecule has 0 atom stereocenters. The van der Waals surface area contributed by atoms with Crippen LogP contribution in [0.2, 0.25) is 18.1 Å². The normalized spacial score (nSPS) is 12.1. The summed E-state index contributed by atoms with van der Waals surface area (Å²) in [5, 5.41) is 0.710. The molecule has 1 aromatic carbocycles. The van der Waals surface area contributed by atoms with Crippen LogP contribution in [0.15, 0.2) is 10.5 Å². The van der Waals surface area contributed by atoms with Gasteiger partial charge in [0.05, 0.1) is 5.02 Å². The monoisotopic (exact) mass is 333 g/mol. The summed E-state index contributed by atoms with van der Waals surface area (Å²) in [7, 11) is -0.825. The summed E-state index contributed by atoms with van der Waals surface area (Å²) in [6.45, 7) is 12.8. The molecule has 95 valence electrons. The van der Waals surface area contributed by atoms with Crippen LogP contribution >= 0.6 is 27.5 Å². The highest BCUT2D eigenvalue weighted by atomic mass is 79.9. The Labute approximate surface area is 119 Å². The maximum absolute atomic E-state index is 6.33. The van der Waals surface area contributed by atoms with Crippen molar-refractivity contribution >= 4 is 36.6 Å². The van der Waals surface area contributed by atoms with Crippen LogP contribution in [0, 0.1) is 6.92 Å². The van der Waals surface area contributed by atoms with Gasteiger partial charge in [-0.3, -0.25) is 0 Å². The second kappa shape index (κ2) is 5.33. The van der Waals surface area contributed by atoms with Crippen LogP contribution in [-0.2, 0) is 5.41 Å². The van der Waals surface area contributed by atoms with E-state index >= 15 is 0 Å². The van der Waals surface area contributed by atoms with Gasteiger partial charge in [-0.2, -0.15) is 0 Å². The first kappa shape index (κ1) is 15.1. The molecule has 1 nitrogen and oxygen atoms in total. The highest BCUT2D eigenvalue weighted by Crippen LogP contribution is 2.43. The zero-order valence-electron chi connectivity index (χ0n) is 11.2. The number of halogens is 2. The molecule has 17 heavy (non-hydrogen) atoms. The van der Waals surface area contributed by atoms with Gasteiger partial charge in [0.1, 0.15) is 5.75 Å². The van der Waals surface area contributed by atoms with Crippen molar-refractivity contribution in [1.82, 2.24) is 0 Å². The molecule has 1 rings (SSSR count). The summed E-state index contributed by atoms with van der Waals surface area (Å²) in [5.41, 5.74) is 2.31. The highest BCUT2D eigenvalue weighted by molar-refractivity contribution is 9.10. The van der Waals surface area contributed by atoms with Crippen molar-refractivity contribution in [3.8, 4) is 5.75 Å². The SMILES string of the molecule is Cc1cc(Cl)c(O[Si](C)C)c(C(C)(C)C)c1Br. The molecule has 0 fully saturated rings. The van der Waals surface area contributed by atoms with E-state index in [9.17, 15) is 0 Å². The quantitative estimate of drug-likeness (QED) is 0.663. The predicted molar refractivity (Wildman–Crippen MR) is 80.7 cm³/mol. The Hall–Kier alpha value is 0.00688. The summed E-state index contributed by atoms with van der Waals surface area (Å²) in [4.78, 5) is 0. The van der Waals surface area contributed by atoms with Gasteiger partial charge in [-0.15, -0.1) is 0 Å².